The summed E-state index contributed by atoms with van der Waals surface area (Å²) in [5.41, 5.74) is 1.67. The first kappa shape index (κ1) is 17.8. The zero-order valence-corrected chi connectivity index (χ0v) is 15.4. The Morgan fingerprint density at radius 2 is 2.04 bits per heavy atom. The van der Waals surface area contributed by atoms with Gasteiger partial charge >= 0.3 is 5.97 Å². The summed E-state index contributed by atoms with van der Waals surface area (Å²) in [6.45, 7) is 1.64. The molecule has 0 unspecified atom stereocenters. The minimum absolute atomic E-state index is 0.0388. The van der Waals surface area contributed by atoms with Crippen LogP contribution in [0.3, 0.4) is 0 Å². The Hall–Kier alpha value is -3.00. The summed E-state index contributed by atoms with van der Waals surface area (Å²) in [5, 5.41) is 11.1. The maximum atomic E-state index is 12.1. The molecule has 0 fully saturated rings. The van der Waals surface area contributed by atoms with Gasteiger partial charge in [-0.15, -0.1) is 0 Å². The highest BCUT2D eigenvalue weighted by atomic mass is 79.9. The van der Waals surface area contributed by atoms with Crippen LogP contribution >= 0.6 is 15.9 Å². The number of nitro groups is 1. The highest BCUT2D eigenvalue weighted by Gasteiger charge is 2.25. The van der Waals surface area contributed by atoms with Gasteiger partial charge in [0.25, 0.3) is 5.69 Å². The molecule has 0 saturated carbocycles. The third-order valence-electron chi connectivity index (χ3n) is 3.75. The molecular formula is C18H13BrN2O5. The zero-order valence-electron chi connectivity index (χ0n) is 13.9. The lowest BCUT2D eigenvalue weighted by molar-refractivity contribution is -0.385. The molecule has 1 heterocycles. The van der Waals surface area contributed by atoms with Gasteiger partial charge in [-0.1, -0.05) is 12.1 Å². The van der Waals surface area contributed by atoms with E-state index in [1.54, 1.807) is 50.4 Å². The van der Waals surface area contributed by atoms with Crippen LogP contribution in [0.5, 0.6) is 5.75 Å². The van der Waals surface area contributed by atoms with Crippen molar-refractivity contribution in [3.05, 3.63) is 73.4 Å². The molecular weight excluding hydrogens is 404 g/mol. The number of rotatable bonds is 4. The van der Waals surface area contributed by atoms with Crippen LogP contribution in [0.1, 0.15) is 16.7 Å². The van der Waals surface area contributed by atoms with E-state index in [9.17, 15) is 14.9 Å². The molecule has 1 aliphatic rings. The first-order chi connectivity index (χ1) is 12.4. The SMILES string of the molecule is COc1ccc(/C=C2/N=C(c3ccc(C)c([N+](=O)[O-])c3)OC2=O)cc1Br. The molecule has 0 amide bonds. The van der Waals surface area contributed by atoms with E-state index in [-0.39, 0.29) is 17.3 Å². The molecule has 0 atom stereocenters. The van der Waals surface area contributed by atoms with Gasteiger partial charge in [0.2, 0.25) is 5.90 Å². The summed E-state index contributed by atoms with van der Waals surface area (Å²) < 4.78 is 11.1. The van der Waals surface area contributed by atoms with Crippen molar-refractivity contribution in [1.82, 2.24) is 0 Å². The monoisotopic (exact) mass is 416 g/mol. The number of nitrogens with zero attached hydrogens (tertiary/aromatic N) is 2. The lowest BCUT2D eigenvalue weighted by Crippen LogP contribution is -2.06. The van der Waals surface area contributed by atoms with Gasteiger partial charge in [-0.05, 0) is 52.7 Å². The van der Waals surface area contributed by atoms with Gasteiger partial charge in [-0.3, -0.25) is 10.1 Å². The van der Waals surface area contributed by atoms with E-state index in [1.807, 2.05) is 0 Å². The topological polar surface area (TPSA) is 91.0 Å². The van der Waals surface area contributed by atoms with Crippen molar-refractivity contribution >= 4 is 39.6 Å². The first-order valence-corrected chi connectivity index (χ1v) is 8.30. The summed E-state index contributed by atoms with van der Waals surface area (Å²) in [6.07, 6.45) is 1.57. The third-order valence-corrected chi connectivity index (χ3v) is 4.37. The van der Waals surface area contributed by atoms with E-state index in [2.05, 4.69) is 20.9 Å². The maximum Gasteiger partial charge on any atom is 0.363 e. The van der Waals surface area contributed by atoms with Crippen LogP contribution in [0.4, 0.5) is 5.69 Å². The van der Waals surface area contributed by atoms with Crippen LogP contribution < -0.4 is 4.74 Å². The van der Waals surface area contributed by atoms with Crippen molar-refractivity contribution in [2.45, 2.75) is 6.92 Å². The Labute approximate surface area is 157 Å². The van der Waals surface area contributed by atoms with Gasteiger partial charge in [0.05, 0.1) is 16.5 Å². The fourth-order valence-electron chi connectivity index (χ4n) is 2.40. The minimum atomic E-state index is -0.616. The van der Waals surface area contributed by atoms with Gasteiger partial charge in [0.15, 0.2) is 5.70 Å². The highest BCUT2D eigenvalue weighted by molar-refractivity contribution is 9.10. The molecule has 0 bridgehead atoms. The van der Waals surface area contributed by atoms with Gasteiger partial charge in [-0.2, -0.15) is 0 Å². The number of carbonyl (C=O) groups is 1. The number of carbonyl (C=O) groups excluding carboxylic acids is 1. The minimum Gasteiger partial charge on any atom is -0.496 e. The maximum absolute atomic E-state index is 12.1. The third kappa shape index (κ3) is 3.50. The average Bonchev–Trinajstić information content (AvgIpc) is 2.96. The fourth-order valence-corrected chi connectivity index (χ4v) is 2.96. The van der Waals surface area contributed by atoms with Crippen molar-refractivity contribution in [3.63, 3.8) is 0 Å². The van der Waals surface area contributed by atoms with Gasteiger partial charge in [0, 0.05) is 17.2 Å². The Balaban J connectivity index is 1.95. The van der Waals surface area contributed by atoms with Gasteiger partial charge in [-0.25, -0.2) is 9.79 Å². The molecule has 0 aromatic heterocycles. The van der Waals surface area contributed by atoms with E-state index in [1.165, 1.54) is 6.07 Å². The molecule has 7 nitrogen and oxygen atoms in total. The van der Waals surface area contributed by atoms with Crippen LogP contribution in [-0.2, 0) is 9.53 Å². The number of methoxy groups -OCH3 is 1. The van der Waals surface area contributed by atoms with Crippen molar-refractivity contribution < 1.29 is 19.2 Å². The predicted molar refractivity (Wildman–Crippen MR) is 99.1 cm³/mol. The molecule has 26 heavy (non-hydrogen) atoms. The Morgan fingerprint density at radius 1 is 1.27 bits per heavy atom. The number of halogens is 1. The number of nitro benzene ring substituents is 1. The lowest BCUT2D eigenvalue weighted by Gasteiger charge is -2.03. The van der Waals surface area contributed by atoms with Crippen molar-refractivity contribution in [3.8, 4) is 5.75 Å². The van der Waals surface area contributed by atoms with Gasteiger partial charge < -0.3 is 9.47 Å². The predicted octanol–water partition coefficient (Wildman–Crippen LogP) is 4.02. The number of hydrogen-bond donors (Lipinski definition) is 0. The largest absolute Gasteiger partial charge is 0.496 e. The molecule has 2 aromatic carbocycles. The highest BCUT2D eigenvalue weighted by Crippen LogP contribution is 2.28. The quantitative estimate of drug-likeness (QED) is 0.324. The Bertz CT molecular complexity index is 982. The number of hydrogen-bond acceptors (Lipinski definition) is 6. The summed E-state index contributed by atoms with van der Waals surface area (Å²) in [4.78, 5) is 26.8. The van der Waals surface area contributed by atoms with Crippen molar-refractivity contribution in [2.24, 2.45) is 4.99 Å². The Kier molecular flexibility index (Phi) is 4.85. The normalized spacial score (nSPS) is 15.0. The standard InChI is InChI=1S/C18H13BrN2O5/c1-10-3-5-12(9-15(10)21(23)24)17-20-14(18(22)26-17)8-11-4-6-16(25-2)13(19)7-11/h3-9H,1-2H3/b14-8+. The Morgan fingerprint density at radius 3 is 2.69 bits per heavy atom. The van der Waals surface area contributed by atoms with Crippen LogP contribution in [-0.4, -0.2) is 23.9 Å². The molecule has 0 N–H and O–H groups in total. The van der Waals surface area contributed by atoms with Crippen LogP contribution in [0.25, 0.3) is 6.08 Å². The van der Waals surface area contributed by atoms with E-state index < -0.39 is 10.9 Å². The van der Waals surface area contributed by atoms with Crippen LogP contribution in [0, 0.1) is 17.0 Å². The van der Waals surface area contributed by atoms with Gasteiger partial charge in [0.1, 0.15) is 5.75 Å². The molecule has 0 aliphatic carbocycles. The number of ether oxygens (including phenoxy) is 2. The number of benzene rings is 2. The molecule has 0 saturated heterocycles. The van der Waals surface area contributed by atoms with Crippen LogP contribution in [0.2, 0.25) is 0 Å². The molecule has 2 aromatic rings. The zero-order chi connectivity index (χ0) is 18.8. The molecule has 132 valence electrons. The summed E-state index contributed by atoms with van der Waals surface area (Å²) in [7, 11) is 1.56. The first-order valence-electron chi connectivity index (χ1n) is 7.50. The molecule has 0 radical (unpaired) electrons. The number of aryl methyl sites for hydroxylation is 1. The second-order valence-corrected chi connectivity index (χ2v) is 6.34. The average molecular weight is 417 g/mol. The molecule has 0 spiro atoms. The fraction of sp³-hybridized carbons (Fsp3) is 0.111. The molecule has 8 heteroatoms. The smallest absolute Gasteiger partial charge is 0.363 e. The van der Waals surface area contributed by atoms with Crippen molar-refractivity contribution in [2.75, 3.05) is 7.11 Å². The molecule has 1 aliphatic heterocycles. The molecule has 3 rings (SSSR count). The van der Waals surface area contributed by atoms with Crippen molar-refractivity contribution in [1.29, 1.82) is 0 Å². The number of aliphatic imine (C=N–C) groups is 1. The van der Waals surface area contributed by atoms with E-state index >= 15 is 0 Å². The lowest BCUT2D eigenvalue weighted by atomic mass is 10.1. The number of cyclic esters (lactones) is 1. The summed E-state index contributed by atoms with van der Waals surface area (Å²) in [5.74, 6) is 0.0874. The summed E-state index contributed by atoms with van der Waals surface area (Å²) in [6, 6.07) is 9.87. The van der Waals surface area contributed by atoms with Crippen LogP contribution in [0.15, 0.2) is 51.6 Å². The van der Waals surface area contributed by atoms with E-state index in [0.717, 1.165) is 10.0 Å². The second kappa shape index (κ2) is 7.09. The van der Waals surface area contributed by atoms with E-state index in [4.69, 9.17) is 9.47 Å². The number of esters is 1. The second-order valence-electron chi connectivity index (χ2n) is 5.49. The summed E-state index contributed by atoms with van der Waals surface area (Å²) >= 11 is 3.38. The van der Waals surface area contributed by atoms with E-state index in [0.29, 0.717) is 16.9 Å².